The van der Waals surface area contributed by atoms with Crippen molar-refractivity contribution in [1.29, 1.82) is 0 Å². The molecule has 0 fully saturated rings. The average Bonchev–Trinajstić information content (AvgIpc) is 3.37. The normalized spacial score (nSPS) is 12.8. The molecule has 0 saturated carbocycles. The summed E-state index contributed by atoms with van der Waals surface area (Å²) < 4.78 is 13.6. The van der Waals surface area contributed by atoms with Crippen LogP contribution in [-0.2, 0) is 24.3 Å². The van der Waals surface area contributed by atoms with Crippen LogP contribution in [-0.4, -0.2) is 26.9 Å². The van der Waals surface area contributed by atoms with Crippen LogP contribution < -0.4 is 5.32 Å². The van der Waals surface area contributed by atoms with E-state index < -0.39 is 5.82 Å². The van der Waals surface area contributed by atoms with E-state index in [1.165, 1.54) is 12.1 Å². The summed E-state index contributed by atoms with van der Waals surface area (Å²) in [5, 5.41) is 12.2. The van der Waals surface area contributed by atoms with Crippen molar-refractivity contribution in [1.82, 2.24) is 15.1 Å². The highest BCUT2D eigenvalue weighted by molar-refractivity contribution is 5.97. The second-order valence-electron chi connectivity index (χ2n) is 8.06. The topological polar surface area (TPSA) is 78.1 Å². The SMILES string of the molecule is Cc1ccc(F)cc1C(=O)N1Cc2[nH]nc(NC(=O)Cc3ccc4ccccc4c3)c2C1. The Morgan fingerprint density at radius 2 is 1.88 bits per heavy atom. The van der Waals surface area contributed by atoms with E-state index in [-0.39, 0.29) is 18.2 Å². The Labute approximate surface area is 184 Å². The van der Waals surface area contributed by atoms with Crippen LogP contribution in [0.3, 0.4) is 0 Å². The molecule has 2 N–H and O–H groups in total. The van der Waals surface area contributed by atoms with E-state index in [2.05, 4.69) is 15.5 Å². The predicted molar refractivity (Wildman–Crippen MR) is 120 cm³/mol. The van der Waals surface area contributed by atoms with E-state index in [9.17, 15) is 14.0 Å². The number of nitrogens with zero attached hydrogens (tertiary/aromatic N) is 2. The first-order chi connectivity index (χ1) is 15.5. The van der Waals surface area contributed by atoms with E-state index >= 15 is 0 Å². The van der Waals surface area contributed by atoms with E-state index in [0.717, 1.165) is 27.6 Å². The van der Waals surface area contributed by atoms with Crippen LogP contribution in [0.2, 0.25) is 0 Å². The second-order valence-corrected chi connectivity index (χ2v) is 8.06. The van der Waals surface area contributed by atoms with Gasteiger partial charge >= 0.3 is 0 Å². The van der Waals surface area contributed by atoms with Crippen molar-refractivity contribution in [2.24, 2.45) is 0 Å². The Morgan fingerprint density at radius 1 is 1.06 bits per heavy atom. The number of H-pyrrole nitrogens is 1. The zero-order valence-corrected chi connectivity index (χ0v) is 17.5. The molecule has 0 unspecified atom stereocenters. The standard InChI is InChI=1S/C25H21FN4O2/c1-15-6-9-19(26)12-20(15)25(32)30-13-21-22(14-30)28-29-24(21)27-23(31)11-16-7-8-17-4-2-3-5-18(17)10-16/h2-10,12H,11,13-14H2,1H3,(H2,27,28,29,31). The van der Waals surface area contributed by atoms with Gasteiger partial charge in [0.05, 0.1) is 25.2 Å². The molecule has 5 rings (SSSR count). The largest absolute Gasteiger partial charge is 0.328 e. The zero-order chi connectivity index (χ0) is 22.2. The number of benzene rings is 3. The molecule has 7 heteroatoms. The Balaban J connectivity index is 1.28. The van der Waals surface area contributed by atoms with Gasteiger partial charge < -0.3 is 10.2 Å². The van der Waals surface area contributed by atoms with Gasteiger partial charge in [-0.3, -0.25) is 14.7 Å². The van der Waals surface area contributed by atoms with Crippen molar-refractivity contribution in [3.8, 4) is 0 Å². The minimum Gasteiger partial charge on any atom is -0.328 e. The highest BCUT2D eigenvalue weighted by atomic mass is 19.1. The molecule has 0 bridgehead atoms. The summed E-state index contributed by atoms with van der Waals surface area (Å²) in [6, 6.07) is 18.1. The molecule has 0 aliphatic carbocycles. The molecule has 1 aliphatic heterocycles. The van der Waals surface area contributed by atoms with E-state index in [1.54, 1.807) is 17.9 Å². The van der Waals surface area contributed by atoms with Crippen LogP contribution in [0.5, 0.6) is 0 Å². The number of carbonyl (C=O) groups is 2. The smallest absolute Gasteiger partial charge is 0.254 e. The summed E-state index contributed by atoms with van der Waals surface area (Å²) in [4.78, 5) is 27.2. The second kappa shape index (κ2) is 7.92. The van der Waals surface area contributed by atoms with E-state index in [1.807, 2.05) is 42.5 Å². The Hall–Kier alpha value is -4.00. The number of carbonyl (C=O) groups excluding carboxylic acids is 2. The molecular formula is C25H21FN4O2. The quantitative estimate of drug-likeness (QED) is 0.507. The number of aromatic nitrogens is 2. The summed E-state index contributed by atoms with van der Waals surface area (Å²) in [6.45, 7) is 2.41. The summed E-state index contributed by atoms with van der Waals surface area (Å²) >= 11 is 0. The van der Waals surface area contributed by atoms with Gasteiger partial charge in [-0.25, -0.2) is 4.39 Å². The fourth-order valence-electron chi connectivity index (χ4n) is 4.09. The molecule has 32 heavy (non-hydrogen) atoms. The third-order valence-electron chi connectivity index (χ3n) is 5.80. The molecule has 0 spiro atoms. The zero-order valence-electron chi connectivity index (χ0n) is 17.5. The van der Waals surface area contributed by atoms with Gasteiger partial charge in [0.15, 0.2) is 5.82 Å². The fourth-order valence-corrected chi connectivity index (χ4v) is 4.09. The van der Waals surface area contributed by atoms with Gasteiger partial charge in [0.1, 0.15) is 5.82 Å². The number of hydrogen-bond donors (Lipinski definition) is 2. The number of fused-ring (bicyclic) bond motifs is 2. The van der Waals surface area contributed by atoms with Crippen LogP contribution in [0, 0.1) is 12.7 Å². The number of nitrogens with one attached hydrogen (secondary N) is 2. The molecule has 1 aromatic heterocycles. The van der Waals surface area contributed by atoms with Crippen molar-refractivity contribution in [2.75, 3.05) is 5.32 Å². The number of aryl methyl sites for hydroxylation is 1. The van der Waals surface area contributed by atoms with Gasteiger partial charge in [-0.2, -0.15) is 5.10 Å². The van der Waals surface area contributed by atoms with Crippen molar-refractivity contribution < 1.29 is 14.0 Å². The van der Waals surface area contributed by atoms with Gasteiger partial charge in [0.2, 0.25) is 5.91 Å². The Morgan fingerprint density at radius 3 is 2.72 bits per heavy atom. The van der Waals surface area contributed by atoms with Crippen molar-refractivity contribution in [2.45, 2.75) is 26.4 Å². The van der Waals surface area contributed by atoms with Gasteiger partial charge in [-0.1, -0.05) is 48.5 Å². The van der Waals surface area contributed by atoms with Crippen molar-refractivity contribution >= 4 is 28.4 Å². The van der Waals surface area contributed by atoms with Gasteiger partial charge in [0.25, 0.3) is 5.91 Å². The van der Waals surface area contributed by atoms with Gasteiger partial charge in [0, 0.05) is 11.1 Å². The molecule has 2 amide bonds. The van der Waals surface area contributed by atoms with E-state index in [0.29, 0.717) is 30.0 Å². The lowest BCUT2D eigenvalue weighted by Crippen LogP contribution is -2.27. The lowest BCUT2D eigenvalue weighted by Gasteiger charge is -2.17. The van der Waals surface area contributed by atoms with Crippen LogP contribution in [0.25, 0.3) is 10.8 Å². The molecule has 6 nitrogen and oxygen atoms in total. The van der Waals surface area contributed by atoms with Crippen molar-refractivity contribution in [3.05, 3.63) is 94.4 Å². The molecule has 3 aromatic carbocycles. The highest BCUT2D eigenvalue weighted by Gasteiger charge is 2.30. The number of hydrogen-bond acceptors (Lipinski definition) is 3. The Kier molecular flexibility index (Phi) is 4.93. The molecular weight excluding hydrogens is 407 g/mol. The first-order valence-electron chi connectivity index (χ1n) is 10.4. The number of anilines is 1. The summed E-state index contributed by atoms with van der Waals surface area (Å²) in [5.41, 5.74) is 3.51. The summed E-state index contributed by atoms with van der Waals surface area (Å²) in [6.07, 6.45) is 0.220. The average molecular weight is 428 g/mol. The summed E-state index contributed by atoms with van der Waals surface area (Å²) in [7, 11) is 0. The predicted octanol–water partition coefficient (Wildman–Crippen LogP) is 4.35. The van der Waals surface area contributed by atoms with E-state index in [4.69, 9.17) is 0 Å². The lowest BCUT2D eigenvalue weighted by atomic mass is 10.0. The summed E-state index contributed by atoms with van der Waals surface area (Å²) in [5.74, 6) is -0.447. The fraction of sp³-hybridized carbons (Fsp3) is 0.160. The maximum Gasteiger partial charge on any atom is 0.254 e. The third kappa shape index (κ3) is 3.73. The molecule has 2 heterocycles. The van der Waals surface area contributed by atoms with Gasteiger partial charge in [-0.15, -0.1) is 0 Å². The van der Waals surface area contributed by atoms with Crippen LogP contribution in [0.4, 0.5) is 10.2 Å². The lowest BCUT2D eigenvalue weighted by molar-refractivity contribution is -0.115. The number of aromatic amines is 1. The van der Waals surface area contributed by atoms with Crippen LogP contribution in [0.15, 0.2) is 60.7 Å². The molecule has 160 valence electrons. The van der Waals surface area contributed by atoms with Crippen LogP contribution >= 0.6 is 0 Å². The monoisotopic (exact) mass is 428 g/mol. The minimum atomic E-state index is -0.444. The maximum atomic E-state index is 13.6. The molecule has 0 saturated heterocycles. The molecule has 1 aliphatic rings. The van der Waals surface area contributed by atoms with Crippen molar-refractivity contribution in [3.63, 3.8) is 0 Å². The number of amides is 2. The third-order valence-corrected chi connectivity index (χ3v) is 5.80. The molecule has 0 radical (unpaired) electrons. The Bertz CT molecular complexity index is 1360. The first-order valence-corrected chi connectivity index (χ1v) is 10.4. The maximum absolute atomic E-state index is 13.6. The first kappa shape index (κ1) is 19.9. The minimum absolute atomic E-state index is 0.180. The molecule has 4 aromatic rings. The molecule has 0 atom stereocenters. The number of rotatable bonds is 4. The van der Waals surface area contributed by atoms with Gasteiger partial charge in [-0.05, 0) is 41.0 Å². The highest BCUT2D eigenvalue weighted by Crippen LogP contribution is 2.29. The van der Waals surface area contributed by atoms with Crippen LogP contribution in [0.1, 0.15) is 32.7 Å². The number of halogens is 1.